The van der Waals surface area contributed by atoms with Gasteiger partial charge < -0.3 is 0 Å². The van der Waals surface area contributed by atoms with Gasteiger partial charge in [-0.2, -0.15) is 4.31 Å². The van der Waals surface area contributed by atoms with Crippen molar-refractivity contribution >= 4 is 31.5 Å². The van der Waals surface area contributed by atoms with Crippen LogP contribution in [-0.2, 0) is 19.9 Å². The van der Waals surface area contributed by atoms with Gasteiger partial charge in [0.25, 0.3) is 0 Å². The Bertz CT molecular complexity index is 821. The topological polar surface area (TPSA) is 71.5 Å². The maximum Gasteiger partial charge on any atom is 0.243 e. The third-order valence-electron chi connectivity index (χ3n) is 4.93. The molecule has 2 unspecified atom stereocenters. The smallest absolute Gasteiger partial charge is 0.229 e. The van der Waals surface area contributed by atoms with Gasteiger partial charge in [0.05, 0.1) is 10.1 Å². The van der Waals surface area contributed by atoms with Gasteiger partial charge in [-0.05, 0) is 50.3 Å². The predicted octanol–water partition coefficient (Wildman–Crippen LogP) is 2.38. The van der Waals surface area contributed by atoms with Crippen molar-refractivity contribution in [2.45, 2.75) is 54.8 Å². The van der Waals surface area contributed by atoms with Crippen LogP contribution in [0.5, 0.6) is 0 Å². The summed E-state index contributed by atoms with van der Waals surface area (Å²) < 4.78 is 51.4. The van der Waals surface area contributed by atoms with Gasteiger partial charge in [-0.1, -0.05) is 17.7 Å². The zero-order chi connectivity index (χ0) is 17.0. The molecule has 2 fully saturated rings. The minimum Gasteiger partial charge on any atom is -0.229 e. The molecule has 2 bridgehead atoms. The molecule has 2 aliphatic heterocycles. The number of hydrogen-bond donors (Lipinski definition) is 0. The van der Waals surface area contributed by atoms with Gasteiger partial charge in [0.15, 0.2) is 0 Å². The molecule has 2 heterocycles. The van der Waals surface area contributed by atoms with Gasteiger partial charge in [0.2, 0.25) is 10.0 Å². The van der Waals surface area contributed by atoms with Crippen molar-refractivity contribution < 1.29 is 16.8 Å². The second-order valence-corrected chi connectivity index (χ2v) is 11.1. The maximum atomic E-state index is 13.1. The van der Waals surface area contributed by atoms with Gasteiger partial charge in [-0.15, -0.1) is 0 Å². The molecule has 128 valence electrons. The highest BCUT2D eigenvalue weighted by atomic mass is 35.5. The molecule has 1 aromatic rings. The van der Waals surface area contributed by atoms with Crippen LogP contribution in [-0.4, -0.2) is 44.7 Å². The minimum absolute atomic E-state index is 0.222. The highest BCUT2D eigenvalue weighted by Gasteiger charge is 2.49. The van der Waals surface area contributed by atoms with E-state index in [-0.39, 0.29) is 17.0 Å². The number of hydrogen-bond acceptors (Lipinski definition) is 4. The first-order valence-corrected chi connectivity index (χ1v) is 11.4. The lowest BCUT2D eigenvalue weighted by atomic mass is 10.1. The summed E-state index contributed by atoms with van der Waals surface area (Å²) in [5.74, 6) is 0. The molecule has 0 spiro atoms. The van der Waals surface area contributed by atoms with Crippen molar-refractivity contribution in [3.63, 3.8) is 0 Å². The van der Waals surface area contributed by atoms with Crippen LogP contribution in [0.15, 0.2) is 23.1 Å². The lowest BCUT2D eigenvalue weighted by molar-refractivity contribution is 0.249. The van der Waals surface area contributed by atoms with Crippen molar-refractivity contribution in [1.82, 2.24) is 4.31 Å². The van der Waals surface area contributed by atoms with Crippen molar-refractivity contribution in [3.05, 3.63) is 28.8 Å². The first kappa shape index (κ1) is 17.2. The Morgan fingerprint density at radius 2 is 1.65 bits per heavy atom. The minimum atomic E-state index is -3.67. The number of piperidine rings is 1. The monoisotopic (exact) mass is 377 g/mol. The number of aryl methyl sites for hydroxylation is 1. The Morgan fingerprint density at radius 1 is 1.09 bits per heavy atom. The maximum absolute atomic E-state index is 13.1. The van der Waals surface area contributed by atoms with E-state index in [1.807, 2.05) is 0 Å². The summed E-state index contributed by atoms with van der Waals surface area (Å²) in [5, 5.41) is -0.0561. The van der Waals surface area contributed by atoms with Gasteiger partial charge in [0, 0.05) is 23.4 Å². The standard InChI is InChI=1S/C15H20ClNO4S2/c1-10-3-4-11(16)7-15(10)23(20,21)17-12-5-6-13(17)9-14(8-12)22(2,18)19/h3-4,7,12-14H,5-6,8-9H2,1-2H3. The SMILES string of the molecule is Cc1ccc(Cl)cc1S(=O)(=O)N1C2CCC1CC(S(C)(=O)=O)C2. The molecule has 8 heteroatoms. The number of rotatable bonds is 3. The van der Waals surface area contributed by atoms with Crippen molar-refractivity contribution in [2.24, 2.45) is 0 Å². The number of benzene rings is 1. The van der Waals surface area contributed by atoms with Crippen molar-refractivity contribution in [1.29, 1.82) is 0 Å². The van der Waals surface area contributed by atoms with E-state index in [9.17, 15) is 16.8 Å². The normalized spacial score (nSPS) is 28.9. The Labute approximate surface area is 142 Å². The predicted molar refractivity (Wildman–Crippen MR) is 89.9 cm³/mol. The van der Waals surface area contributed by atoms with Crippen LogP contribution in [0, 0.1) is 6.92 Å². The van der Waals surface area contributed by atoms with E-state index in [1.165, 1.54) is 16.6 Å². The number of halogens is 1. The molecule has 0 saturated carbocycles. The van der Waals surface area contributed by atoms with Crippen LogP contribution in [0.1, 0.15) is 31.2 Å². The summed E-state index contributed by atoms with van der Waals surface area (Å²) in [4.78, 5) is 0.222. The average Bonchev–Trinajstić information content (AvgIpc) is 2.72. The first-order valence-electron chi connectivity index (χ1n) is 7.59. The van der Waals surface area contributed by atoms with E-state index in [0.29, 0.717) is 23.4 Å². The molecule has 3 rings (SSSR count). The number of sulfone groups is 1. The third kappa shape index (κ3) is 3.04. The summed E-state index contributed by atoms with van der Waals surface area (Å²) in [6.45, 7) is 1.74. The van der Waals surface area contributed by atoms with Gasteiger partial charge >= 0.3 is 0 Å². The molecular weight excluding hydrogens is 358 g/mol. The van der Waals surface area contributed by atoms with Crippen molar-refractivity contribution in [3.8, 4) is 0 Å². The lowest BCUT2D eigenvalue weighted by Gasteiger charge is -2.37. The Kier molecular flexibility index (Phi) is 4.28. The fraction of sp³-hybridized carbons (Fsp3) is 0.600. The molecule has 2 aliphatic rings. The summed E-state index contributed by atoms with van der Waals surface area (Å²) in [5.41, 5.74) is 0.652. The highest BCUT2D eigenvalue weighted by molar-refractivity contribution is 7.91. The molecule has 1 aromatic carbocycles. The van der Waals surface area contributed by atoms with Gasteiger partial charge in [0.1, 0.15) is 9.84 Å². The Balaban J connectivity index is 1.98. The van der Waals surface area contributed by atoms with Crippen LogP contribution in [0.4, 0.5) is 0 Å². The number of sulfonamides is 1. The second kappa shape index (κ2) is 5.72. The van der Waals surface area contributed by atoms with Crippen molar-refractivity contribution in [2.75, 3.05) is 6.26 Å². The van der Waals surface area contributed by atoms with E-state index in [1.54, 1.807) is 19.1 Å². The van der Waals surface area contributed by atoms with Gasteiger partial charge in [-0.25, -0.2) is 16.8 Å². The first-order chi connectivity index (χ1) is 10.6. The van der Waals surface area contributed by atoms with E-state index < -0.39 is 25.1 Å². The molecule has 0 radical (unpaired) electrons. The quantitative estimate of drug-likeness (QED) is 0.810. The summed E-state index contributed by atoms with van der Waals surface area (Å²) in [6, 6.07) is 4.36. The third-order valence-corrected chi connectivity index (χ3v) is 8.91. The molecule has 2 atom stereocenters. The van der Waals surface area contributed by atoms with E-state index in [0.717, 1.165) is 12.8 Å². The van der Waals surface area contributed by atoms with Crippen LogP contribution >= 0.6 is 11.6 Å². The molecule has 0 aliphatic carbocycles. The molecular formula is C15H20ClNO4S2. The molecule has 0 N–H and O–H groups in total. The zero-order valence-electron chi connectivity index (χ0n) is 13.1. The molecule has 5 nitrogen and oxygen atoms in total. The van der Waals surface area contributed by atoms with Gasteiger partial charge in [-0.3, -0.25) is 0 Å². The number of fused-ring (bicyclic) bond motifs is 2. The fourth-order valence-electron chi connectivity index (χ4n) is 3.79. The summed E-state index contributed by atoms with van der Waals surface area (Å²) >= 11 is 5.97. The van der Waals surface area contributed by atoms with E-state index in [2.05, 4.69) is 0 Å². The van der Waals surface area contributed by atoms with Crippen LogP contribution in [0.3, 0.4) is 0 Å². The molecule has 2 saturated heterocycles. The lowest BCUT2D eigenvalue weighted by Crippen LogP contribution is -2.49. The van der Waals surface area contributed by atoms with Crippen LogP contribution in [0.25, 0.3) is 0 Å². The van der Waals surface area contributed by atoms with E-state index >= 15 is 0 Å². The highest BCUT2D eigenvalue weighted by Crippen LogP contribution is 2.42. The summed E-state index contributed by atoms with van der Waals surface area (Å²) in [6.07, 6.45) is 3.44. The fourth-order valence-corrected chi connectivity index (χ4v) is 7.32. The second-order valence-electron chi connectivity index (χ2n) is 6.55. The zero-order valence-corrected chi connectivity index (χ0v) is 15.5. The van der Waals surface area contributed by atoms with Crippen LogP contribution in [0.2, 0.25) is 5.02 Å². The Morgan fingerprint density at radius 3 is 2.17 bits per heavy atom. The summed E-state index contributed by atoms with van der Waals surface area (Å²) in [7, 11) is -6.81. The van der Waals surface area contributed by atoms with Crippen LogP contribution < -0.4 is 0 Å². The molecule has 0 amide bonds. The number of nitrogens with zero attached hydrogens (tertiary/aromatic N) is 1. The van der Waals surface area contributed by atoms with E-state index in [4.69, 9.17) is 11.6 Å². The molecule has 23 heavy (non-hydrogen) atoms. The average molecular weight is 378 g/mol. The Hall–Kier alpha value is -0.630. The largest absolute Gasteiger partial charge is 0.243 e. The molecule has 0 aromatic heterocycles.